The van der Waals surface area contributed by atoms with Crippen molar-refractivity contribution < 1.29 is 9.47 Å². The fourth-order valence-corrected chi connectivity index (χ4v) is 2.58. The summed E-state index contributed by atoms with van der Waals surface area (Å²) in [6, 6.07) is 10.1. The molecule has 0 radical (unpaired) electrons. The Morgan fingerprint density at radius 1 is 1.25 bits per heavy atom. The Balaban J connectivity index is 1.74. The van der Waals surface area contributed by atoms with Crippen LogP contribution in [0.1, 0.15) is 17.0 Å². The number of fused-ring (bicyclic) bond motifs is 1. The minimum Gasteiger partial charge on any atom is -0.493 e. The van der Waals surface area contributed by atoms with Gasteiger partial charge in [0, 0.05) is 5.92 Å². The first-order valence-electron chi connectivity index (χ1n) is 6.84. The molecule has 0 amide bonds. The molecule has 0 aliphatic carbocycles. The maximum absolute atomic E-state index is 5.88. The van der Waals surface area contributed by atoms with E-state index in [1.807, 2.05) is 31.2 Å². The monoisotopic (exact) mass is 270 g/mol. The van der Waals surface area contributed by atoms with Crippen molar-refractivity contribution in [2.45, 2.75) is 19.8 Å². The molecule has 2 aromatic rings. The molecule has 0 spiro atoms. The Morgan fingerprint density at radius 2 is 2.15 bits per heavy atom. The third-order valence-corrected chi connectivity index (χ3v) is 3.60. The van der Waals surface area contributed by atoms with Gasteiger partial charge in [-0.3, -0.25) is 0 Å². The zero-order valence-electron chi connectivity index (χ0n) is 11.8. The second-order valence-corrected chi connectivity index (χ2v) is 5.20. The summed E-state index contributed by atoms with van der Waals surface area (Å²) in [5.74, 6) is 2.14. The summed E-state index contributed by atoms with van der Waals surface area (Å²) in [5, 5.41) is 8.34. The summed E-state index contributed by atoms with van der Waals surface area (Å²) in [6.07, 6.45) is 1.88. The zero-order chi connectivity index (χ0) is 13.9. The summed E-state index contributed by atoms with van der Waals surface area (Å²) < 4.78 is 11.2. The lowest BCUT2D eigenvalue weighted by molar-refractivity contribution is 0.210. The number of ether oxygens (including phenoxy) is 2. The molecule has 0 saturated heterocycles. The Bertz CT molecular complexity index is 596. The van der Waals surface area contributed by atoms with Crippen molar-refractivity contribution in [3.63, 3.8) is 0 Å². The lowest BCUT2D eigenvalue weighted by Gasteiger charge is -2.26. The van der Waals surface area contributed by atoms with Gasteiger partial charge in [-0.05, 0) is 43.5 Å². The van der Waals surface area contributed by atoms with Crippen LogP contribution in [0, 0.1) is 12.8 Å². The Labute approximate surface area is 118 Å². The van der Waals surface area contributed by atoms with Gasteiger partial charge in [0.15, 0.2) is 11.5 Å². The van der Waals surface area contributed by atoms with Crippen LogP contribution in [0.3, 0.4) is 0 Å². The van der Waals surface area contributed by atoms with Gasteiger partial charge in [0.2, 0.25) is 0 Å². The van der Waals surface area contributed by atoms with Gasteiger partial charge in [0.25, 0.3) is 0 Å². The summed E-state index contributed by atoms with van der Waals surface area (Å²) in [5.41, 5.74) is 3.18. The third-order valence-electron chi connectivity index (χ3n) is 3.60. The quantitative estimate of drug-likeness (QED) is 0.860. The van der Waals surface area contributed by atoms with Gasteiger partial charge in [-0.15, -0.1) is 0 Å². The van der Waals surface area contributed by atoms with E-state index in [0.717, 1.165) is 35.7 Å². The number of hydrogen-bond acceptors (Lipinski definition) is 4. The number of aryl methyl sites for hydroxylation is 1. The minimum absolute atomic E-state index is 0.437. The van der Waals surface area contributed by atoms with Gasteiger partial charge < -0.3 is 9.47 Å². The molecular formula is C16H18N2O2. The highest BCUT2D eigenvalue weighted by Gasteiger charge is 2.23. The fourth-order valence-electron chi connectivity index (χ4n) is 2.58. The number of hydrogen-bond donors (Lipinski definition) is 0. The van der Waals surface area contributed by atoms with Crippen molar-refractivity contribution in [3.05, 3.63) is 47.3 Å². The molecule has 104 valence electrons. The summed E-state index contributed by atoms with van der Waals surface area (Å²) >= 11 is 0. The Kier molecular flexibility index (Phi) is 3.54. The Morgan fingerprint density at radius 3 is 2.90 bits per heavy atom. The highest BCUT2D eigenvalue weighted by Crippen LogP contribution is 2.36. The van der Waals surface area contributed by atoms with Crippen LogP contribution >= 0.6 is 0 Å². The van der Waals surface area contributed by atoms with Crippen molar-refractivity contribution in [2.24, 2.45) is 5.92 Å². The van der Waals surface area contributed by atoms with E-state index in [0.29, 0.717) is 12.5 Å². The van der Waals surface area contributed by atoms with Crippen molar-refractivity contribution in [2.75, 3.05) is 13.7 Å². The van der Waals surface area contributed by atoms with Crippen LogP contribution in [0.15, 0.2) is 30.3 Å². The number of nitrogens with zero attached hydrogens (tertiary/aromatic N) is 2. The van der Waals surface area contributed by atoms with Crippen LogP contribution in [-0.4, -0.2) is 23.9 Å². The topological polar surface area (TPSA) is 44.2 Å². The number of rotatable bonds is 3. The average Bonchev–Trinajstić information content (AvgIpc) is 2.49. The molecule has 0 fully saturated rings. The minimum atomic E-state index is 0.437. The van der Waals surface area contributed by atoms with E-state index < -0.39 is 0 Å². The molecule has 1 aromatic heterocycles. The van der Waals surface area contributed by atoms with Gasteiger partial charge in [-0.25, -0.2) is 0 Å². The number of benzene rings is 1. The predicted octanol–water partition coefficient (Wildman–Crippen LogP) is 2.59. The largest absolute Gasteiger partial charge is 0.493 e. The van der Waals surface area contributed by atoms with Crippen LogP contribution < -0.4 is 9.47 Å². The maximum Gasteiger partial charge on any atom is 0.164 e. The van der Waals surface area contributed by atoms with Crippen molar-refractivity contribution >= 4 is 0 Å². The zero-order valence-corrected chi connectivity index (χ0v) is 11.8. The van der Waals surface area contributed by atoms with Gasteiger partial charge in [0.1, 0.15) is 0 Å². The highest BCUT2D eigenvalue weighted by atomic mass is 16.5. The van der Waals surface area contributed by atoms with Gasteiger partial charge in [0.05, 0.1) is 25.1 Å². The van der Waals surface area contributed by atoms with Gasteiger partial charge in [-0.1, -0.05) is 12.1 Å². The molecule has 0 N–H and O–H groups in total. The number of para-hydroxylation sites is 1. The van der Waals surface area contributed by atoms with Crippen LogP contribution in [0.5, 0.6) is 11.5 Å². The molecule has 0 saturated carbocycles. The molecule has 0 bridgehead atoms. The first-order valence-corrected chi connectivity index (χ1v) is 6.84. The molecule has 1 aliphatic rings. The highest BCUT2D eigenvalue weighted by molar-refractivity contribution is 5.47. The van der Waals surface area contributed by atoms with Crippen LogP contribution in [0.25, 0.3) is 0 Å². The molecule has 4 nitrogen and oxygen atoms in total. The van der Waals surface area contributed by atoms with Gasteiger partial charge >= 0.3 is 0 Å². The van der Waals surface area contributed by atoms with E-state index in [2.05, 4.69) is 16.3 Å². The molecule has 4 heteroatoms. The number of methoxy groups -OCH3 is 1. The maximum atomic E-state index is 5.88. The fraction of sp³-hybridized carbons (Fsp3) is 0.375. The lowest BCUT2D eigenvalue weighted by Crippen LogP contribution is -2.23. The standard InChI is InChI=1S/C16H18N2O2/c1-11-6-7-14(18-17-11)9-12-8-13-4-3-5-15(19-2)16(13)20-10-12/h3-7,12H,8-10H2,1-2H3/t12-/m1/s1. The van der Waals surface area contributed by atoms with E-state index in [1.54, 1.807) is 7.11 Å². The number of aromatic nitrogens is 2. The van der Waals surface area contributed by atoms with E-state index in [9.17, 15) is 0 Å². The van der Waals surface area contributed by atoms with Gasteiger partial charge in [-0.2, -0.15) is 10.2 Å². The van der Waals surface area contributed by atoms with Crippen molar-refractivity contribution in [1.29, 1.82) is 0 Å². The third kappa shape index (κ3) is 2.59. The van der Waals surface area contributed by atoms with Crippen LogP contribution in [-0.2, 0) is 12.8 Å². The first-order chi connectivity index (χ1) is 9.76. The molecule has 20 heavy (non-hydrogen) atoms. The average molecular weight is 270 g/mol. The lowest BCUT2D eigenvalue weighted by atomic mass is 9.92. The van der Waals surface area contributed by atoms with Crippen molar-refractivity contribution in [1.82, 2.24) is 10.2 Å². The van der Waals surface area contributed by atoms with E-state index in [4.69, 9.17) is 9.47 Å². The van der Waals surface area contributed by atoms with Crippen LogP contribution in [0.4, 0.5) is 0 Å². The molecule has 2 heterocycles. The van der Waals surface area contributed by atoms with E-state index in [-0.39, 0.29) is 0 Å². The molecule has 1 aliphatic heterocycles. The van der Waals surface area contributed by atoms with Crippen molar-refractivity contribution in [3.8, 4) is 11.5 Å². The summed E-state index contributed by atoms with van der Waals surface area (Å²) in [4.78, 5) is 0. The first kappa shape index (κ1) is 12.9. The molecule has 0 unspecified atom stereocenters. The normalized spacial score (nSPS) is 17.2. The molecule has 3 rings (SSSR count). The molecule has 1 aromatic carbocycles. The van der Waals surface area contributed by atoms with E-state index >= 15 is 0 Å². The molecular weight excluding hydrogens is 252 g/mol. The summed E-state index contributed by atoms with van der Waals surface area (Å²) in [7, 11) is 1.67. The second-order valence-electron chi connectivity index (χ2n) is 5.20. The SMILES string of the molecule is COc1cccc2c1OC[C@@H](Cc1ccc(C)nn1)C2. The van der Waals surface area contributed by atoms with Crippen LogP contribution in [0.2, 0.25) is 0 Å². The predicted molar refractivity (Wildman–Crippen MR) is 76.2 cm³/mol. The Hall–Kier alpha value is -2.10. The van der Waals surface area contributed by atoms with E-state index in [1.165, 1.54) is 5.56 Å². The second kappa shape index (κ2) is 5.49. The summed E-state index contributed by atoms with van der Waals surface area (Å²) in [6.45, 7) is 2.64. The molecule has 1 atom stereocenters. The smallest absolute Gasteiger partial charge is 0.164 e.